The van der Waals surface area contributed by atoms with E-state index in [1.165, 1.54) is 7.11 Å². The van der Waals surface area contributed by atoms with E-state index in [1.54, 1.807) is 32.9 Å². The van der Waals surface area contributed by atoms with Gasteiger partial charge in [-0.2, -0.15) is 0 Å². The number of hydrogen-bond acceptors (Lipinski definition) is 4. The zero-order valence-electron chi connectivity index (χ0n) is 12.8. The molecule has 1 aromatic rings. The van der Waals surface area contributed by atoms with Crippen molar-refractivity contribution >= 4 is 17.6 Å². The van der Waals surface area contributed by atoms with E-state index in [0.717, 1.165) is 5.56 Å². The number of nitrogens with one attached hydrogen (secondary N) is 1. The van der Waals surface area contributed by atoms with E-state index in [1.807, 2.05) is 13.8 Å². The van der Waals surface area contributed by atoms with Crippen molar-refractivity contribution < 1.29 is 19.1 Å². The molecule has 0 spiro atoms. The first kappa shape index (κ1) is 16.0. The third-order valence-electron chi connectivity index (χ3n) is 2.89. The molecule has 1 aliphatic heterocycles. The second-order valence-electron chi connectivity index (χ2n) is 4.72. The molecule has 5 nitrogen and oxygen atoms in total. The maximum Gasteiger partial charge on any atom is 0.338 e. The monoisotopic (exact) mass is 279 g/mol. The molecule has 5 heteroatoms. The lowest BCUT2D eigenvalue weighted by Gasteiger charge is -2.32. The summed E-state index contributed by atoms with van der Waals surface area (Å²) in [6.07, 6.45) is 0. The van der Waals surface area contributed by atoms with Crippen LogP contribution in [0, 0.1) is 6.92 Å². The van der Waals surface area contributed by atoms with Crippen LogP contribution in [0.25, 0.3) is 0 Å². The van der Waals surface area contributed by atoms with Crippen LogP contribution in [0.3, 0.4) is 0 Å². The number of carbonyl (C=O) groups is 2. The minimum Gasteiger partial charge on any atom is -0.476 e. The van der Waals surface area contributed by atoms with E-state index in [-0.39, 0.29) is 5.91 Å². The third-order valence-corrected chi connectivity index (χ3v) is 2.89. The molecule has 1 amide bonds. The molecule has 0 saturated carbocycles. The van der Waals surface area contributed by atoms with E-state index in [2.05, 4.69) is 10.1 Å². The molecule has 0 aromatic heterocycles. The highest BCUT2D eigenvalue weighted by Crippen LogP contribution is 2.35. The average Bonchev–Trinajstić information content (AvgIpc) is 2.41. The van der Waals surface area contributed by atoms with Crippen molar-refractivity contribution in [3.63, 3.8) is 0 Å². The number of ether oxygens (including phenoxy) is 2. The van der Waals surface area contributed by atoms with Crippen LogP contribution in [-0.4, -0.2) is 24.6 Å². The Kier molecular flexibility index (Phi) is 4.76. The number of carbonyl (C=O) groups excluding carboxylic acids is 2. The molecule has 0 saturated heterocycles. The lowest BCUT2D eigenvalue weighted by atomic mass is 10.0. The summed E-state index contributed by atoms with van der Waals surface area (Å²) < 4.78 is 10.3. The van der Waals surface area contributed by atoms with Crippen molar-refractivity contribution in [2.45, 2.75) is 40.2 Å². The molecule has 0 fully saturated rings. The Hall–Kier alpha value is -2.04. The summed E-state index contributed by atoms with van der Waals surface area (Å²) in [7, 11) is 1.32. The summed E-state index contributed by atoms with van der Waals surface area (Å²) >= 11 is 0. The van der Waals surface area contributed by atoms with Gasteiger partial charge in [-0.15, -0.1) is 0 Å². The van der Waals surface area contributed by atoms with Crippen LogP contribution < -0.4 is 10.1 Å². The smallest absolute Gasteiger partial charge is 0.338 e. The van der Waals surface area contributed by atoms with Crippen LogP contribution in [0.15, 0.2) is 12.1 Å². The summed E-state index contributed by atoms with van der Waals surface area (Å²) in [6, 6.07) is 3.30. The topological polar surface area (TPSA) is 64.6 Å². The van der Waals surface area contributed by atoms with E-state index >= 15 is 0 Å². The summed E-state index contributed by atoms with van der Waals surface area (Å²) in [4.78, 5) is 23.3. The minimum absolute atomic E-state index is 0.241. The number of esters is 1. The van der Waals surface area contributed by atoms with Gasteiger partial charge in [-0.1, -0.05) is 13.8 Å². The number of amides is 1. The molecule has 0 atom stereocenters. The molecular weight excluding hydrogens is 258 g/mol. The molecule has 1 aliphatic rings. The minimum atomic E-state index is -0.910. The van der Waals surface area contributed by atoms with Gasteiger partial charge in [0.15, 0.2) is 5.60 Å². The Balaban J connectivity index is 0.000000956. The quantitative estimate of drug-likeness (QED) is 0.803. The van der Waals surface area contributed by atoms with Gasteiger partial charge in [0.1, 0.15) is 5.75 Å². The van der Waals surface area contributed by atoms with Crippen LogP contribution in [0.5, 0.6) is 5.75 Å². The largest absolute Gasteiger partial charge is 0.476 e. The molecule has 20 heavy (non-hydrogen) atoms. The van der Waals surface area contributed by atoms with Gasteiger partial charge in [0, 0.05) is 0 Å². The lowest BCUT2D eigenvalue weighted by molar-refractivity contribution is -0.129. The number of methoxy groups -OCH3 is 1. The third kappa shape index (κ3) is 2.92. The molecule has 110 valence electrons. The van der Waals surface area contributed by atoms with Crippen molar-refractivity contribution in [3.8, 4) is 5.75 Å². The second kappa shape index (κ2) is 5.94. The average molecular weight is 279 g/mol. The van der Waals surface area contributed by atoms with Gasteiger partial charge >= 0.3 is 5.97 Å². The molecule has 0 unspecified atom stereocenters. The molecule has 0 radical (unpaired) electrons. The summed E-state index contributed by atoms with van der Waals surface area (Å²) in [6.45, 7) is 9.17. The highest BCUT2D eigenvalue weighted by atomic mass is 16.5. The second-order valence-corrected chi connectivity index (χ2v) is 4.72. The first-order valence-corrected chi connectivity index (χ1v) is 6.58. The van der Waals surface area contributed by atoms with E-state index in [4.69, 9.17) is 4.74 Å². The van der Waals surface area contributed by atoms with Gasteiger partial charge in [0.05, 0.1) is 18.4 Å². The van der Waals surface area contributed by atoms with Crippen LogP contribution in [-0.2, 0) is 9.53 Å². The SMILES string of the molecule is CC.COC(=O)c1cc2c(cc1C)OC(C)(C)C(=O)N2. The van der Waals surface area contributed by atoms with Gasteiger partial charge < -0.3 is 14.8 Å². The van der Waals surface area contributed by atoms with Gasteiger partial charge in [-0.3, -0.25) is 4.79 Å². The van der Waals surface area contributed by atoms with Crippen molar-refractivity contribution in [1.82, 2.24) is 0 Å². The van der Waals surface area contributed by atoms with Gasteiger partial charge in [0.2, 0.25) is 0 Å². The van der Waals surface area contributed by atoms with Crippen molar-refractivity contribution in [2.24, 2.45) is 0 Å². The van der Waals surface area contributed by atoms with E-state index in [0.29, 0.717) is 17.0 Å². The zero-order chi connectivity index (χ0) is 15.5. The first-order valence-electron chi connectivity index (χ1n) is 6.58. The number of aryl methyl sites for hydroxylation is 1. The summed E-state index contributed by atoms with van der Waals surface area (Å²) in [5.41, 5.74) is 0.740. The van der Waals surface area contributed by atoms with Crippen LogP contribution in [0.1, 0.15) is 43.6 Å². The van der Waals surface area contributed by atoms with E-state index < -0.39 is 11.6 Å². The van der Waals surface area contributed by atoms with E-state index in [9.17, 15) is 9.59 Å². The highest BCUT2D eigenvalue weighted by molar-refractivity contribution is 6.02. The molecule has 1 heterocycles. The summed E-state index contributed by atoms with van der Waals surface area (Å²) in [5, 5.41) is 2.73. The Morgan fingerprint density at radius 2 is 1.90 bits per heavy atom. The molecule has 0 bridgehead atoms. The Bertz CT molecular complexity index is 535. The fourth-order valence-electron chi connectivity index (χ4n) is 1.79. The molecule has 2 rings (SSSR count). The molecule has 1 aromatic carbocycles. The number of benzene rings is 1. The zero-order valence-corrected chi connectivity index (χ0v) is 12.8. The summed E-state index contributed by atoms with van der Waals surface area (Å²) in [5.74, 6) is -0.117. The van der Waals surface area contributed by atoms with Crippen molar-refractivity contribution in [1.29, 1.82) is 0 Å². The number of anilines is 1. The number of hydrogen-bond donors (Lipinski definition) is 1. The maximum atomic E-state index is 11.8. The van der Waals surface area contributed by atoms with Gasteiger partial charge in [-0.25, -0.2) is 4.79 Å². The predicted octanol–water partition coefficient (Wildman–Crippen LogP) is 2.92. The van der Waals surface area contributed by atoms with Crippen LogP contribution >= 0.6 is 0 Å². The van der Waals surface area contributed by atoms with Crippen LogP contribution in [0.4, 0.5) is 5.69 Å². The van der Waals surface area contributed by atoms with Gasteiger partial charge in [-0.05, 0) is 38.5 Å². The predicted molar refractivity (Wildman–Crippen MR) is 77.2 cm³/mol. The maximum absolute atomic E-state index is 11.8. The Morgan fingerprint density at radius 3 is 2.45 bits per heavy atom. The standard InChI is InChI=1S/C13H15NO4.C2H6/c1-7-5-10-9(6-8(7)11(15)17-4)14-12(16)13(2,3)18-10;1-2/h5-6H,1-4H3,(H,14,16);1-2H3. The molecular formula is C15H21NO4. The normalized spacial score (nSPS) is 15.0. The fourth-order valence-corrected chi connectivity index (χ4v) is 1.79. The lowest BCUT2D eigenvalue weighted by Crippen LogP contribution is -2.45. The van der Waals surface area contributed by atoms with Crippen molar-refractivity contribution in [3.05, 3.63) is 23.3 Å². The molecule has 0 aliphatic carbocycles. The number of rotatable bonds is 1. The van der Waals surface area contributed by atoms with Crippen molar-refractivity contribution in [2.75, 3.05) is 12.4 Å². The number of fused-ring (bicyclic) bond motifs is 1. The Labute approximate surface area is 119 Å². The van der Waals surface area contributed by atoms with Gasteiger partial charge in [0.25, 0.3) is 5.91 Å². The highest BCUT2D eigenvalue weighted by Gasteiger charge is 2.36. The molecule has 1 N–H and O–H groups in total. The van der Waals surface area contributed by atoms with Crippen LogP contribution in [0.2, 0.25) is 0 Å². The fraction of sp³-hybridized carbons (Fsp3) is 0.467. The first-order chi connectivity index (χ1) is 9.35. The Morgan fingerprint density at radius 1 is 1.30 bits per heavy atom.